The van der Waals surface area contributed by atoms with Gasteiger partial charge >= 0.3 is 5.97 Å². The molecule has 0 aliphatic carbocycles. The highest BCUT2D eigenvalue weighted by Crippen LogP contribution is 2.52. The number of methoxy groups -OCH3 is 1. The van der Waals surface area contributed by atoms with E-state index < -0.39 is 0 Å². The molecule has 1 unspecified atom stereocenters. The van der Waals surface area contributed by atoms with Crippen molar-refractivity contribution >= 4 is 11.5 Å². The Kier molecular flexibility index (Phi) is 4.13. The second-order valence-corrected chi connectivity index (χ2v) is 7.99. The van der Waals surface area contributed by atoms with E-state index in [4.69, 9.17) is 4.74 Å². The van der Waals surface area contributed by atoms with Crippen LogP contribution in [-0.2, 0) is 9.53 Å². The molecule has 3 nitrogen and oxygen atoms in total. The number of benzene rings is 2. The molecule has 4 bridgehead atoms. The largest absolute Gasteiger partial charge is 0.469 e. The Morgan fingerprint density at radius 1 is 0.963 bits per heavy atom. The molecular weight excluding hydrogens is 334 g/mol. The third-order valence-corrected chi connectivity index (χ3v) is 6.78. The van der Waals surface area contributed by atoms with Gasteiger partial charge in [0.25, 0.3) is 0 Å². The van der Waals surface area contributed by atoms with Crippen LogP contribution in [0.3, 0.4) is 0 Å². The number of hydrogen-bond donors (Lipinski definition) is 0. The summed E-state index contributed by atoms with van der Waals surface area (Å²) in [5.74, 6) is 0.225. The van der Waals surface area contributed by atoms with Crippen LogP contribution in [0.4, 0.5) is 0 Å². The topological polar surface area (TPSA) is 29.5 Å². The Labute approximate surface area is 160 Å². The normalized spacial score (nSPS) is 31.0. The van der Waals surface area contributed by atoms with Gasteiger partial charge in [-0.15, -0.1) is 0 Å². The van der Waals surface area contributed by atoms with Gasteiger partial charge in [-0.25, -0.2) is 0 Å². The van der Waals surface area contributed by atoms with Gasteiger partial charge in [0.05, 0.1) is 13.0 Å². The van der Waals surface area contributed by atoms with Crippen molar-refractivity contribution in [3.8, 4) is 0 Å². The quantitative estimate of drug-likeness (QED) is 0.771. The predicted molar refractivity (Wildman–Crippen MR) is 106 cm³/mol. The third-order valence-electron chi connectivity index (χ3n) is 6.78. The van der Waals surface area contributed by atoms with Gasteiger partial charge in [-0.2, -0.15) is 0 Å². The fourth-order valence-electron chi connectivity index (χ4n) is 5.70. The van der Waals surface area contributed by atoms with E-state index in [1.54, 1.807) is 0 Å². The highest BCUT2D eigenvalue weighted by atomic mass is 16.5. The summed E-state index contributed by atoms with van der Waals surface area (Å²) in [6.07, 6.45) is 3.42. The van der Waals surface area contributed by atoms with E-state index in [9.17, 15) is 4.79 Å². The number of carbonyl (C=O) groups is 1. The van der Waals surface area contributed by atoms with Crippen molar-refractivity contribution in [1.29, 1.82) is 0 Å². The van der Waals surface area contributed by atoms with Crippen LogP contribution in [0.5, 0.6) is 0 Å². The fraction of sp³-hybridized carbons (Fsp3) is 0.375. The number of esters is 1. The Morgan fingerprint density at radius 2 is 1.59 bits per heavy atom. The minimum absolute atomic E-state index is 0.0278. The van der Waals surface area contributed by atoms with Gasteiger partial charge < -0.3 is 4.74 Å². The van der Waals surface area contributed by atoms with Crippen molar-refractivity contribution in [2.24, 2.45) is 11.8 Å². The molecule has 27 heavy (non-hydrogen) atoms. The molecule has 4 aliphatic rings. The second kappa shape index (κ2) is 6.65. The van der Waals surface area contributed by atoms with Crippen LogP contribution < -0.4 is 0 Å². The standard InChI is InChI=1S/C24H25NO2/c1-27-24(26)23-19-14-18-12-13-21(23)25(18)15-20(19)22(16-8-4-2-5-9-16)17-10-6-3-7-11-17/h2-11,18-19,21,23H,12-15H2,1H3/t18-,19+,21+,23-/m0/s1. The van der Waals surface area contributed by atoms with Gasteiger partial charge in [0.1, 0.15) is 0 Å². The van der Waals surface area contributed by atoms with E-state index in [2.05, 4.69) is 65.6 Å². The number of ether oxygens (including phenoxy) is 1. The van der Waals surface area contributed by atoms with Gasteiger partial charge in [-0.05, 0) is 47.5 Å². The number of fused-ring (bicyclic) bond motifs is 1. The molecule has 2 aromatic carbocycles. The molecule has 0 N–H and O–H groups in total. The zero-order valence-electron chi connectivity index (χ0n) is 15.7. The molecule has 3 heteroatoms. The fourth-order valence-corrected chi connectivity index (χ4v) is 5.70. The van der Waals surface area contributed by atoms with Crippen molar-refractivity contribution < 1.29 is 9.53 Å². The summed E-state index contributed by atoms with van der Waals surface area (Å²) in [6, 6.07) is 22.3. The van der Waals surface area contributed by atoms with Crippen LogP contribution in [0.25, 0.3) is 5.57 Å². The molecule has 4 aliphatic heterocycles. The summed E-state index contributed by atoms with van der Waals surface area (Å²) in [4.78, 5) is 15.3. The SMILES string of the molecule is COC(=O)[C@H]1[C@@H]2C[C@@H]3CC[C@H]1N3CC2=C(c1ccccc1)c1ccccc1. The van der Waals surface area contributed by atoms with Crippen LogP contribution in [0.1, 0.15) is 30.4 Å². The number of hydrogen-bond acceptors (Lipinski definition) is 3. The molecule has 5 atom stereocenters. The molecule has 0 aromatic heterocycles. The average molecular weight is 359 g/mol. The average Bonchev–Trinajstić information content (AvgIpc) is 3.04. The van der Waals surface area contributed by atoms with E-state index in [1.807, 2.05) is 0 Å². The lowest BCUT2D eigenvalue weighted by molar-refractivity contribution is -0.153. The molecule has 0 amide bonds. The van der Waals surface area contributed by atoms with E-state index in [1.165, 1.54) is 35.8 Å². The number of piperidine rings is 3. The predicted octanol–water partition coefficient (Wildman–Crippen LogP) is 4.14. The Balaban J connectivity index is 1.69. The lowest BCUT2D eigenvalue weighted by Crippen LogP contribution is -2.58. The highest BCUT2D eigenvalue weighted by molar-refractivity contribution is 5.84. The number of nitrogens with zero attached hydrogens (tertiary/aromatic N) is 1. The molecule has 0 radical (unpaired) electrons. The smallest absolute Gasteiger partial charge is 0.310 e. The summed E-state index contributed by atoms with van der Waals surface area (Å²) in [7, 11) is 1.53. The van der Waals surface area contributed by atoms with E-state index >= 15 is 0 Å². The van der Waals surface area contributed by atoms with Crippen LogP contribution in [-0.4, -0.2) is 36.6 Å². The van der Waals surface area contributed by atoms with E-state index in [-0.39, 0.29) is 17.8 Å². The van der Waals surface area contributed by atoms with E-state index in [0.717, 1.165) is 19.4 Å². The second-order valence-electron chi connectivity index (χ2n) is 7.99. The van der Waals surface area contributed by atoms with Crippen molar-refractivity contribution in [3.63, 3.8) is 0 Å². The Morgan fingerprint density at radius 3 is 2.19 bits per heavy atom. The molecular formula is C24H25NO2. The van der Waals surface area contributed by atoms with Gasteiger partial charge in [-0.1, -0.05) is 60.7 Å². The summed E-state index contributed by atoms with van der Waals surface area (Å²) >= 11 is 0. The highest BCUT2D eigenvalue weighted by Gasteiger charge is 2.56. The molecule has 4 heterocycles. The van der Waals surface area contributed by atoms with Crippen molar-refractivity contribution in [2.75, 3.05) is 13.7 Å². The molecule has 4 fully saturated rings. The third kappa shape index (κ3) is 2.64. The molecule has 138 valence electrons. The minimum atomic E-state index is -0.0342. The first-order valence-corrected chi connectivity index (χ1v) is 9.95. The Bertz CT molecular complexity index is 832. The lowest BCUT2D eigenvalue weighted by atomic mass is 9.68. The summed E-state index contributed by atoms with van der Waals surface area (Å²) in [6.45, 7) is 0.979. The van der Waals surface area contributed by atoms with Crippen LogP contribution >= 0.6 is 0 Å². The zero-order valence-corrected chi connectivity index (χ0v) is 15.7. The molecule has 0 saturated carbocycles. The van der Waals surface area contributed by atoms with Gasteiger partial charge in [0, 0.05) is 18.6 Å². The maximum Gasteiger partial charge on any atom is 0.310 e. The number of rotatable bonds is 3. The lowest BCUT2D eigenvalue weighted by Gasteiger charge is -2.51. The van der Waals surface area contributed by atoms with Gasteiger partial charge in [-0.3, -0.25) is 9.69 Å². The first kappa shape index (κ1) is 16.8. The molecule has 2 aromatic rings. The first-order chi connectivity index (χ1) is 13.3. The summed E-state index contributed by atoms with van der Waals surface area (Å²) < 4.78 is 5.24. The maximum absolute atomic E-state index is 12.7. The summed E-state index contributed by atoms with van der Waals surface area (Å²) in [5, 5.41) is 0. The van der Waals surface area contributed by atoms with Crippen LogP contribution in [0.2, 0.25) is 0 Å². The first-order valence-electron chi connectivity index (χ1n) is 9.95. The Hall–Kier alpha value is -2.39. The molecule has 4 saturated heterocycles. The van der Waals surface area contributed by atoms with E-state index in [0.29, 0.717) is 12.1 Å². The monoisotopic (exact) mass is 359 g/mol. The minimum Gasteiger partial charge on any atom is -0.469 e. The molecule has 0 spiro atoms. The van der Waals surface area contributed by atoms with Gasteiger partial charge in [0.15, 0.2) is 0 Å². The maximum atomic E-state index is 12.7. The number of carbonyl (C=O) groups excluding carboxylic acids is 1. The van der Waals surface area contributed by atoms with Crippen LogP contribution in [0, 0.1) is 11.8 Å². The van der Waals surface area contributed by atoms with Crippen molar-refractivity contribution in [3.05, 3.63) is 77.4 Å². The zero-order chi connectivity index (χ0) is 18.4. The molecule has 6 rings (SSSR count). The van der Waals surface area contributed by atoms with Gasteiger partial charge in [0.2, 0.25) is 0 Å². The van der Waals surface area contributed by atoms with Crippen LogP contribution in [0.15, 0.2) is 66.2 Å². The van der Waals surface area contributed by atoms with Crippen molar-refractivity contribution in [1.82, 2.24) is 4.90 Å². The summed E-state index contributed by atoms with van der Waals surface area (Å²) in [5.41, 5.74) is 5.20. The van der Waals surface area contributed by atoms with Crippen molar-refractivity contribution in [2.45, 2.75) is 31.3 Å².